The van der Waals surface area contributed by atoms with Crippen LogP contribution in [-0.4, -0.2) is 18.0 Å². The highest BCUT2D eigenvalue weighted by molar-refractivity contribution is 5.90. The Morgan fingerprint density at radius 1 is 0.610 bits per heavy atom. The average molecular weight is 557 g/mol. The van der Waals surface area contributed by atoms with Crippen molar-refractivity contribution in [2.45, 2.75) is 110 Å². The summed E-state index contributed by atoms with van der Waals surface area (Å²) in [5.41, 5.74) is 5.01. The van der Waals surface area contributed by atoms with Gasteiger partial charge in [0.25, 0.3) is 0 Å². The Hall–Kier alpha value is -3.40. The normalized spacial score (nSPS) is 11.0. The number of carbonyl (C=O) groups is 2. The summed E-state index contributed by atoms with van der Waals surface area (Å²) in [4.78, 5) is 24.5. The highest BCUT2D eigenvalue weighted by Gasteiger charge is 2.10. The number of esters is 2. The Balaban J connectivity index is 1.33. The Morgan fingerprint density at radius 2 is 1.10 bits per heavy atom. The van der Waals surface area contributed by atoms with E-state index in [4.69, 9.17) is 9.47 Å². The summed E-state index contributed by atoms with van der Waals surface area (Å²) in [6.07, 6.45) is 15.6. The number of aryl methyl sites for hydroxylation is 2. The van der Waals surface area contributed by atoms with Gasteiger partial charge in [-0.2, -0.15) is 0 Å². The van der Waals surface area contributed by atoms with Crippen LogP contribution in [0.1, 0.15) is 113 Å². The van der Waals surface area contributed by atoms with Crippen LogP contribution in [0.25, 0.3) is 11.1 Å². The molecular weight excluding hydrogens is 508 g/mol. The van der Waals surface area contributed by atoms with E-state index in [1.807, 2.05) is 38.1 Å². The summed E-state index contributed by atoms with van der Waals surface area (Å²) in [6, 6.07) is 23.4. The standard InChI is InChI=1S/C37H48O4/c1-4-5-6-7-8-9-10-11-12-13-14-30-15-17-31(18-16-30)19-28-36(38)41-35-26-24-33(25-27-35)32-20-22-34(23-21-32)37(39)40-29(2)3/h15-18,20-27,29H,4-14,19,28H2,1-3H3. The van der Waals surface area contributed by atoms with Crippen LogP contribution in [0.3, 0.4) is 0 Å². The largest absolute Gasteiger partial charge is 0.459 e. The van der Waals surface area contributed by atoms with Gasteiger partial charge in [0, 0.05) is 6.42 Å². The highest BCUT2D eigenvalue weighted by atomic mass is 16.5. The Kier molecular flexibility index (Phi) is 14.2. The molecular formula is C37H48O4. The second kappa shape index (κ2) is 18.1. The Labute approximate surface area is 247 Å². The SMILES string of the molecule is CCCCCCCCCCCCc1ccc(CCC(=O)Oc2ccc(-c3ccc(C(=O)OC(C)C)cc3)cc2)cc1. The number of hydrogen-bond donors (Lipinski definition) is 0. The van der Waals surface area contributed by atoms with E-state index in [0.717, 1.165) is 23.1 Å². The van der Waals surface area contributed by atoms with Crippen molar-refractivity contribution in [1.29, 1.82) is 0 Å². The zero-order chi connectivity index (χ0) is 29.3. The highest BCUT2D eigenvalue weighted by Crippen LogP contribution is 2.24. The molecule has 0 aromatic heterocycles. The van der Waals surface area contributed by atoms with Gasteiger partial charge in [-0.3, -0.25) is 4.79 Å². The summed E-state index contributed by atoms with van der Waals surface area (Å²) in [5.74, 6) is -0.0305. The van der Waals surface area contributed by atoms with Crippen LogP contribution in [-0.2, 0) is 22.4 Å². The van der Waals surface area contributed by atoms with Crippen molar-refractivity contribution < 1.29 is 19.1 Å². The molecule has 0 heterocycles. The minimum atomic E-state index is -0.325. The van der Waals surface area contributed by atoms with Gasteiger partial charge in [0.15, 0.2) is 0 Å². The number of ether oxygens (including phenoxy) is 2. The molecule has 41 heavy (non-hydrogen) atoms. The van der Waals surface area contributed by atoms with Crippen molar-refractivity contribution in [2.75, 3.05) is 0 Å². The van der Waals surface area contributed by atoms with Crippen LogP contribution in [0, 0.1) is 0 Å². The first-order valence-electron chi connectivity index (χ1n) is 15.6. The maximum absolute atomic E-state index is 12.4. The summed E-state index contributed by atoms with van der Waals surface area (Å²) in [7, 11) is 0. The molecule has 0 aliphatic carbocycles. The van der Waals surface area contributed by atoms with E-state index in [1.165, 1.54) is 69.8 Å². The number of unbranched alkanes of at least 4 members (excludes halogenated alkanes) is 9. The lowest BCUT2D eigenvalue weighted by Crippen LogP contribution is -2.11. The molecule has 0 aliphatic rings. The lowest BCUT2D eigenvalue weighted by molar-refractivity contribution is -0.134. The molecule has 0 saturated heterocycles. The average Bonchev–Trinajstić information content (AvgIpc) is 2.98. The molecule has 0 unspecified atom stereocenters. The first-order chi connectivity index (χ1) is 19.9. The molecule has 220 valence electrons. The van der Waals surface area contributed by atoms with Gasteiger partial charge in [0.1, 0.15) is 5.75 Å². The summed E-state index contributed by atoms with van der Waals surface area (Å²) in [6.45, 7) is 5.93. The molecule has 0 bridgehead atoms. The van der Waals surface area contributed by atoms with E-state index >= 15 is 0 Å². The van der Waals surface area contributed by atoms with Gasteiger partial charge >= 0.3 is 11.9 Å². The number of carbonyl (C=O) groups excluding carboxylic acids is 2. The molecule has 0 N–H and O–H groups in total. The smallest absolute Gasteiger partial charge is 0.338 e. The molecule has 3 aromatic rings. The van der Waals surface area contributed by atoms with Crippen molar-refractivity contribution in [3.63, 3.8) is 0 Å². The van der Waals surface area contributed by atoms with Crippen LogP contribution in [0.4, 0.5) is 0 Å². The van der Waals surface area contributed by atoms with Crippen LogP contribution >= 0.6 is 0 Å². The number of benzene rings is 3. The third-order valence-electron chi connectivity index (χ3n) is 7.34. The van der Waals surface area contributed by atoms with Crippen molar-refractivity contribution in [3.8, 4) is 16.9 Å². The minimum Gasteiger partial charge on any atom is -0.459 e. The molecule has 0 fully saturated rings. The number of hydrogen-bond acceptors (Lipinski definition) is 4. The zero-order valence-electron chi connectivity index (χ0n) is 25.3. The van der Waals surface area contributed by atoms with Crippen molar-refractivity contribution in [3.05, 3.63) is 89.5 Å². The van der Waals surface area contributed by atoms with E-state index in [1.54, 1.807) is 24.3 Å². The summed E-state index contributed by atoms with van der Waals surface area (Å²) in [5, 5.41) is 0. The van der Waals surface area contributed by atoms with Crippen LogP contribution in [0.5, 0.6) is 5.75 Å². The molecule has 0 aliphatic heterocycles. The predicted octanol–water partition coefficient (Wildman–Crippen LogP) is 9.92. The van der Waals surface area contributed by atoms with E-state index < -0.39 is 0 Å². The van der Waals surface area contributed by atoms with E-state index in [-0.39, 0.29) is 18.0 Å². The van der Waals surface area contributed by atoms with Gasteiger partial charge in [-0.15, -0.1) is 0 Å². The fraction of sp³-hybridized carbons (Fsp3) is 0.459. The first kappa shape index (κ1) is 32.1. The quantitative estimate of drug-likeness (QED) is 0.0889. The van der Waals surface area contributed by atoms with Gasteiger partial charge in [0.05, 0.1) is 11.7 Å². The van der Waals surface area contributed by atoms with Crippen LogP contribution in [0.15, 0.2) is 72.8 Å². The predicted molar refractivity (Wildman–Crippen MR) is 168 cm³/mol. The van der Waals surface area contributed by atoms with Gasteiger partial charge in [-0.25, -0.2) is 4.79 Å². The van der Waals surface area contributed by atoms with Crippen molar-refractivity contribution in [2.24, 2.45) is 0 Å². The topological polar surface area (TPSA) is 52.6 Å². The first-order valence-corrected chi connectivity index (χ1v) is 15.6. The Morgan fingerprint density at radius 3 is 1.63 bits per heavy atom. The molecule has 3 rings (SSSR count). The lowest BCUT2D eigenvalue weighted by atomic mass is 10.0. The van der Waals surface area contributed by atoms with E-state index in [9.17, 15) is 9.59 Å². The van der Waals surface area contributed by atoms with Crippen molar-refractivity contribution >= 4 is 11.9 Å². The minimum absolute atomic E-state index is 0.151. The third kappa shape index (κ3) is 12.3. The molecule has 0 atom stereocenters. The third-order valence-corrected chi connectivity index (χ3v) is 7.34. The maximum Gasteiger partial charge on any atom is 0.338 e. The lowest BCUT2D eigenvalue weighted by Gasteiger charge is -2.09. The molecule has 3 aromatic carbocycles. The monoisotopic (exact) mass is 556 g/mol. The van der Waals surface area contributed by atoms with Gasteiger partial charge < -0.3 is 9.47 Å². The summed E-state index contributed by atoms with van der Waals surface area (Å²) >= 11 is 0. The second-order valence-electron chi connectivity index (χ2n) is 11.3. The van der Waals surface area contributed by atoms with Gasteiger partial charge in [0.2, 0.25) is 0 Å². The zero-order valence-corrected chi connectivity index (χ0v) is 25.3. The molecule has 4 heteroatoms. The molecule has 0 spiro atoms. The fourth-order valence-corrected chi connectivity index (χ4v) is 4.91. The molecule has 0 amide bonds. The molecule has 0 saturated carbocycles. The van der Waals surface area contributed by atoms with E-state index in [2.05, 4.69) is 31.2 Å². The number of rotatable bonds is 18. The Bertz CT molecular complexity index is 1160. The van der Waals surface area contributed by atoms with Crippen LogP contribution in [0.2, 0.25) is 0 Å². The van der Waals surface area contributed by atoms with Crippen molar-refractivity contribution in [1.82, 2.24) is 0 Å². The second-order valence-corrected chi connectivity index (χ2v) is 11.3. The van der Waals surface area contributed by atoms with Gasteiger partial charge in [-0.05, 0) is 79.6 Å². The maximum atomic E-state index is 12.4. The molecule has 4 nitrogen and oxygen atoms in total. The van der Waals surface area contributed by atoms with Gasteiger partial charge in [-0.1, -0.05) is 113 Å². The fourth-order valence-electron chi connectivity index (χ4n) is 4.91. The van der Waals surface area contributed by atoms with Crippen LogP contribution < -0.4 is 4.74 Å². The van der Waals surface area contributed by atoms with E-state index in [0.29, 0.717) is 24.2 Å². The molecule has 0 radical (unpaired) electrons. The summed E-state index contributed by atoms with van der Waals surface area (Å²) < 4.78 is 10.8.